The van der Waals surface area contributed by atoms with E-state index in [0.717, 1.165) is 31.4 Å². The Hall–Kier alpha value is -1.43. The Balaban J connectivity index is 2.13. The van der Waals surface area contributed by atoms with Gasteiger partial charge in [0.15, 0.2) is 0 Å². The van der Waals surface area contributed by atoms with Gasteiger partial charge >= 0.3 is 6.18 Å². The van der Waals surface area contributed by atoms with Crippen molar-refractivity contribution in [2.45, 2.75) is 31.5 Å². The number of aliphatic hydroxyl groups is 1. The normalized spacial score (nSPS) is 23.6. The second-order valence-corrected chi connectivity index (χ2v) is 4.92. The third-order valence-corrected chi connectivity index (χ3v) is 3.61. The summed E-state index contributed by atoms with van der Waals surface area (Å²) in [6.45, 7) is 0.0816. The number of anilines is 2. The fourth-order valence-electron chi connectivity index (χ4n) is 2.52. The third kappa shape index (κ3) is 3.12. The predicted octanol–water partition coefficient (Wildman–Crippen LogP) is 2.86. The van der Waals surface area contributed by atoms with Crippen LogP contribution in [-0.4, -0.2) is 17.8 Å². The van der Waals surface area contributed by atoms with Gasteiger partial charge in [0.05, 0.1) is 16.9 Å². The molecular weight excluding hydrogens is 257 g/mol. The lowest BCUT2D eigenvalue weighted by Crippen LogP contribution is -2.26. The Kier molecular flexibility index (Phi) is 3.89. The summed E-state index contributed by atoms with van der Waals surface area (Å²) in [6, 6.07) is 3.38. The van der Waals surface area contributed by atoms with Crippen LogP contribution in [0.1, 0.15) is 24.8 Å². The van der Waals surface area contributed by atoms with Crippen molar-refractivity contribution in [2.24, 2.45) is 5.92 Å². The molecule has 0 spiro atoms. The van der Waals surface area contributed by atoms with Crippen molar-refractivity contribution >= 4 is 11.4 Å². The number of alkyl halides is 3. The molecule has 4 N–H and O–H groups in total. The topological polar surface area (TPSA) is 58.3 Å². The number of nitrogens with two attached hydrogens (primary N) is 1. The molecule has 19 heavy (non-hydrogen) atoms. The zero-order chi connectivity index (χ0) is 14.0. The summed E-state index contributed by atoms with van der Waals surface area (Å²) in [5.41, 5.74) is 5.49. The van der Waals surface area contributed by atoms with E-state index in [1.807, 2.05) is 0 Å². The van der Waals surface area contributed by atoms with E-state index in [0.29, 0.717) is 5.69 Å². The smallest absolute Gasteiger partial charge is 0.397 e. The highest BCUT2D eigenvalue weighted by Gasteiger charge is 2.31. The van der Waals surface area contributed by atoms with Crippen LogP contribution in [0.15, 0.2) is 18.2 Å². The Labute approximate surface area is 109 Å². The van der Waals surface area contributed by atoms with E-state index in [2.05, 4.69) is 5.32 Å². The van der Waals surface area contributed by atoms with Crippen LogP contribution < -0.4 is 11.1 Å². The molecule has 106 valence electrons. The van der Waals surface area contributed by atoms with Crippen LogP contribution in [0.2, 0.25) is 0 Å². The zero-order valence-corrected chi connectivity index (χ0v) is 10.4. The molecule has 1 aromatic rings. The molecule has 2 rings (SSSR count). The Morgan fingerprint density at radius 2 is 2.05 bits per heavy atom. The van der Waals surface area contributed by atoms with Crippen LogP contribution in [0, 0.1) is 5.92 Å². The first-order valence-corrected chi connectivity index (χ1v) is 6.26. The molecule has 0 heterocycles. The largest absolute Gasteiger partial charge is 0.416 e. The first kappa shape index (κ1) is 14.0. The minimum Gasteiger partial charge on any atom is -0.397 e. The van der Waals surface area contributed by atoms with Gasteiger partial charge < -0.3 is 16.2 Å². The van der Waals surface area contributed by atoms with E-state index in [4.69, 9.17) is 5.73 Å². The number of nitrogens with one attached hydrogen (secondary N) is 1. The fraction of sp³-hybridized carbons (Fsp3) is 0.538. The Morgan fingerprint density at radius 3 is 2.63 bits per heavy atom. The van der Waals surface area contributed by atoms with Crippen molar-refractivity contribution in [2.75, 3.05) is 17.7 Å². The highest BCUT2D eigenvalue weighted by atomic mass is 19.4. The van der Waals surface area contributed by atoms with Gasteiger partial charge in [-0.3, -0.25) is 0 Å². The number of nitrogen functional groups attached to an aromatic ring is 1. The standard InChI is InChI=1S/C13H17F3N2O/c14-13(15,16)9-4-5-12(10(17)6-9)18-11-3-1-2-8(11)7-19/h4-6,8,11,18-19H,1-3,7,17H2. The molecule has 6 heteroatoms. The van der Waals surface area contributed by atoms with Crippen molar-refractivity contribution in [3.05, 3.63) is 23.8 Å². The van der Waals surface area contributed by atoms with Crippen LogP contribution in [-0.2, 0) is 6.18 Å². The summed E-state index contributed by atoms with van der Waals surface area (Å²) in [5.74, 6) is 0.140. The molecule has 1 fully saturated rings. The molecule has 1 aromatic carbocycles. The SMILES string of the molecule is Nc1cc(C(F)(F)F)ccc1NC1CCCC1CO. The summed E-state index contributed by atoms with van der Waals surface area (Å²) in [7, 11) is 0. The van der Waals surface area contributed by atoms with Gasteiger partial charge in [-0.05, 0) is 31.0 Å². The van der Waals surface area contributed by atoms with Gasteiger partial charge in [0.2, 0.25) is 0 Å². The van der Waals surface area contributed by atoms with Gasteiger partial charge in [0.25, 0.3) is 0 Å². The molecule has 0 amide bonds. The summed E-state index contributed by atoms with van der Waals surface area (Å²) in [6.07, 6.45) is -1.56. The molecule has 3 nitrogen and oxygen atoms in total. The molecule has 0 bridgehead atoms. The lowest BCUT2D eigenvalue weighted by atomic mass is 10.0. The molecule has 2 atom stereocenters. The van der Waals surface area contributed by atoms with Crippen molar-refractivity contribution in [1.82, 2.24) is 0 Å². The van der Waals surface area contributed by atoms with Crippen molar-refractivity contribution in [1.29, 1.82) is 0 Å². The monoisotopic (exact) mass is 274 g/mol. The van der Waals surface area contributed by atoms with Crippen LogP contribution in [0.4, 0.5) is 24.5 Å². The van der Waals surface area contributed by atoms with E-state index >= 15 is 0 Å². The molecular formula is C13H17F3N2O. The molecule has 1 aliphatic carbocycles. The van der Waals surface area contributed by atoms with E-state index in [1.165, 1.54) is 6.07 Å². The highest BCUT2D eigenvalue weighted by Crippen LogP contribution is 2.34. The van der Waals surface area contributed by atoms with E-state index < -0.39 is 11.7 Å². The van der Waals surface area contributed by atoms with Gasteiger partial charge in [0, 0.05) is 18.6 Å². The van der Waals surface area contributed by atoms with Crippen molar-refractivity contribution in [3.8, 4) is 0 Å². The molecule has 0 saturated heterocycles. The fourth-order valence-corrected chi connectivity index (χ4v) is 2.52. The Morgan fingerprint density at radius 1 is 1.32 bits per heavy atom. The number of benzene rings is 1. The van der Waals surface area contributed by atoms with Crippen molar-refractivity contribution < 1.29 is 18.3 Å². The maximum Gasteiger partial charge on any atom is 0.416 e. The molecule has 2 unspecified atom stereocenters. The van der Waals surface area contributed by atoms with Crippen molar-refractivity contribution in [3.63, 3.8) is 0 Å². The molecule has 0 aromatic heterocycles. The molecule has 1 saturated carbocycles. The quantitative estimate of drug-likeness (QED) is 0.743. The highest BCUT2D eigenvalue weighted by molar-refractivity contribution is 5.67. The van der Waals surface area contributed by atoms with Crippen LogP contribution >= 0.6 is 0 Å². The van der Waals surface area contributed by atoms with Gasteiger partial charge in [-0.2, -0.15) is 13.2 Å². The van der Waals surface area contributed by atoms with Crippen LogP contribution in [0.5, 0.6) is 0 Å². The summed E-state index contributed by atoms with van der Waals surface area (Å²) < 4.78 is 37.5. The second-order valence-electron chi connectivity index (χ2n) is 4.92. The summed E-state index contributed by atoms with van der Waals surface area (Å²) >= 11 is 0. The lowest BCUT2D eigenvalue weighted by molar-refractivity contribution is -0.137. The van der Waals surface area contributed by atoms with Gasteiger partial charge in [-0.15, -0.1) is 0 Å². The zero-order valence-electron chi connectivity index (χ0n) is 10.4. The van der Waals surface area contributed by atoms with Gasteiger partial charge in [0.1, 0.15) is 0 Å². The van der Waals surface area contributed by atoms with Crippen LogP contribution in [0.3, 0.4) is 0 Å². The summed E-state index contributed by atoms with van der Waals surface area (Å²) in [5, 5.41) is 12.4. The summed E-state index contributed by atoms with van der Waals surface area (Å²) in [4.78, 5) is 0. The first-order valence-electron chi connectivity index (χ1n) is 6.26. The number of hydrogen-bond acceptors (Lipinski definition) is 3. The first-order chi connectivity index (χ1) is 8.91. The van der Waals surface area contributed by atoms with E-state index in [1.54, 1.807) is 0 Å². The number of aliphatic hydroxyl groups excluding tert-OH is 1. The Bertz CT molecular complexity index is 448. The maximum absolute atomic E-state index is 12.5. The third-order valence-electron chi connectivity index (χ3n) is 3.61. The molecule has 0 aliphatic heterocycles. The minimum atomic E-state index is -4.38. The maximum atomic E-state index is 12.5. The number of hydrogen-bond donors (Lipinski definition) is 3. The predicted molar refractivity (Wildman–Crippen MR) is 67.7 cm³/mol. The minimum absolute atomic E-state index is 0.0732. The van der Waals surface area contributed by atoms with E-state index in [-0.39, 0.29) is 24.3 Å². The van der Waals surface area contributed by atoms with E-state index in [9.17, 15) is 18.3 Å². The molecule has 0 radical (unpaired) electrons. The van der Waals surface area contributed by atoms with Crippen LogP contribution in [0.25, 0.3) is 0 Å². The average Bonchev–Trinajstić information content (AvgIpc) is 2.77. The molecule has 1 aliphatic rings. The number of halogens is 3. The van der Waals surface area contributed by atoms with Gasteiger partial charge in [-0.25, -0.2) is 0 Å². The lowest BCUT2D eigenvalue weighted by Gasteiger charge is -2.21. The van der Waals surface area contributed by atoms with Gasteiger partial charge in [-0.1, -0.05) is 6.42 Å². The second kappa shape index (κ2) is 5.28. The average molecular weight is 274 g/mol. The number of rotatable bonds is 3.